The lowest BCUT2D eigenvalue weighted by Gasteiger charge is -2.06. The first-order chi connectivity index (χ1) is 7.83. The molecule has 5 nitrogen and oxygen atoms in total. The normalized spacial score (nSPS) is 10.3. The van der Waals surface area contributed by atoms with E-state index in [0.717, 1.165) is 38.4 Å². The van der Waals surface area contributed by atoms with Gasteiger partial charge in [0.2, 0.25) is 0 Å². The van der Waals surface area contributed by atoms with Crippen molar-refractivity contribution in [3.05, 3.63) is 12.4 Å². The van der Waals surface area contributed by atoms with Crippen LogP contribution in [0.25, 0.3) is 0 Å². The Labute approximate surface area is 96.4 Å². The van der Waals surface area contributed by atoms with E-state index in [4.69, 9.17) is 10.5 Å². The van der Waals surface area contributed by atoms with Gasteiger partial charge < -0.3 is 15.8 Å². The van der Waals surface area contributed by atoms with Gasteiger partial charge in [0.05, 0.1) is 0 Å². The molecule has 1 heterocycles. The highest BCUT2D eigenvalue weighted by Gasteiger charge is 1.94. The number of nitrogens with two attached hydrogens (primary N) is 1. The van der Waals surface area contributed by atoms with Crippen LogP contribution in [0.3, 0.4) is 0 Å². The van der Waals surface area contributed by atoms with Crippen LogP contribution in [-0.2, 0) is 4.74 Å². The number of unbranched alkanes of at least 4 members (excludes halogenated alkanes) is 1. The summed E-state index contributed by atoms with van der Waals surface area (Å²) in [5.41, 5.74) is 5.53. The molecule has 0 bridgehead atoms. The Morgan fingerprint density at radius 3 is 2.88 bits per heavy atom. The smallest absolute Gasteiger partial charge is 0.131 e. The molecule has 0 amide bonds. The van der Waals surface area contributed by atoms with E-state index in [1.807, 2.05) is 0 Å². The number of nitrogen functional groups attached to an aromatic ring is 1. The summed E-state index contributed by atoms with van der Waals surface area (Å²) in [6.45, 7) is 4.64. The van der Waals surface area contributed by atoms with Gasteiger partial charge in [0.25, 0.3) is 0 Å². The molecular weight excluding hydrogens is 204 g/mol. The van der Waals surface area contributed by atoms with Gasteiger partial charge in [0, 0.05) is 25.8 Å². The maximum Gasteiger partial charge on any atom is 0.131 e. The van der Waals surface area contributed by atoms with Crippen LogP contribution >= 0.6 is 0 Å². The summed E-state index contributed by atoms with van der Waals surface area (Å²) < 4.78 is 5.44. The molecule has 0 aliphatic carbocycles. The second-order valence-corrected chi connectivity index (χ2v) is 3.57. The van der Waals surface area contributed by atoms with Crippen LogP contribution in [0.1, 0.15) is 26.2 Å². The minimum atomic E-state index is 0.483. The van der Waals surface area contributed by atoms with Crippen LogP contribution in [-0.4, -0.2) is 29.7 Å². The minimum absolute atomic E-state index is 0.483. The fraction of sp³-hybridized carbons (Fsp3) is 0.636. The van der Waals surface area contributed by atoms with Gasteiger partial charge in [-0.1, -0.05) is 13.3 Å². The molecule has 1 aromatic rings. The molecule has 1 rings (SSSR count). The summed E-state index contributed by atoms with van der Waals surface area (Å²) in [5.74, 6) is 1.25. The fourth-order valence-corrected chi connectivity index (χ4v) is 1.21. The summed E-state index contributed by atoms with van der Waals surface area (Å²) in [6.07, 6.45) is 4.73. The summed E-state index contributed by atoms with van der Waals surface area (Å²) >= 11 is 0. The van der Waals surface area contributed by atoms with Crippen LogP contribution in [0.4, 0.5) is 11.6 Å². The van der Waals surface area contributed by atoms with Crippen LogP contribution in [0.5, 0.6) is 0 Å². The molecule has 0 fully saturated rings. The monoisotopic (exact) mass is 224 g/mol. The highest BCUT2D eigenvalue weighted by atomic mass is 16.5. The van der Waals surface area contributed by atoms with Gasteiger partial charge in [-0.25, -0.2) is 9.97 Å². The van der Waals surface area contributed by atoms with Gasteiger partial charge >= 0.3 is 0 Å². The highest BCUT2D eigenvalue weighted by Crippen LogP contribution is 2.04. The molecule has 0 spiro atoms. The maximum absolute atomic E-state index is 5.53. The molecule has 0 saturated heterocycles. The van der Waals surface area contributed by atoms with Crippen molar-refractivity contribution >= 4 is 11.6 Å². The Morgan fingerprint density at radius 2 is 2.12 bits per heavy atom. The van der Waals surface area contributed by atoms with Crippen molar-refractivity contribution in [2.75, 3.05) is 30.8 Å². The Morgan fingerprint density at radius 1 is 1.31 bits per heavy atom. The quantitative estimate of drug-likeness (QED) is 0.657. The zero-order valence-electron chi connectivity index (χ0n) is 9.78. The molecule has 0 unspecified atom stereocenters. The molecule has 0 atom stereocenters. The summed E-state index contributed by atoms with van der Waals surface area (Å²) in [4.78, 5) is 7.86. The first-order valence-electron chi connectivity index (χ1n) is 5.72. The number of anilines is 2. The number of rotatable bonds is 8. The number of hydrogen-bond donors (Lipinski definition) is 2. The Kier molecular flexibility index (Phi) is 6.25. The zero-order valence-corrected chi connectivity index (χ0v) is 9.78. The summed E-state index contributed by atoms with van der Waals surface area (Å²) in [7, 11) is 0. The van der Waals surface area contributed by atoms with E-state index in [9.17, 15) is 0 Å². The van der Waals surface area contributed by atoms with Crippen LogP contribution < -0.4 is 11.1 Å². The lowest BCUT2D eigenvalue weighted by molar-refractivity contribution is 0.131. The number of hydrogen-bond acceptors (Lipinski definition) is 5. The van der Waals surface area contributed by atoms with Gasteiger partial charge in [-0.15, -0.1) is 0 Å². The van der Waals surface area contributed by atoms with E-state index in [2.05, 4.69) is 22.2 Å². The third-order valence-electron chi connectivity index (χ3n) is 2.10. The molecule has 1 aromatic heterocycles. The number of nitrogens with zero attached hydrogens (tertiary/aromatic N) is 2. The van der Waals surface area contributed by atoms with Gasteiger partial charge in [0.1, 0.15) is 18.0 Å². The van der Waals surface area contributed by atoms with E-state index in [0.29, 0.717) is 5.82 Å². The van der Waals surface area contributed by atoms with Crippen molar-refractivity contribution in [3.63, 3.8) is 0 Å². The molecule has 90 valence electrons. The molecule has 0 radical (unpaired) electrons. The van der Waals surface area contributed by atoms with Gasteiger partial charge in [-0.2, -0.15) is 0 Å². The van der Waals surface area contributed by atoms with Crippen LogP contribution in [0.2, 0.25) is 0 Å². The minimum Gasteiger partial charge on any atom is -0.384 e. The predicted molar refractivity (Wildman–Crippen MR) is 65.3 cm³/mol. The molecule has 3 N–H and O–H groups in total. The third-order valence-corrected chi connectivity index (χ3v) is 2.10. The molecule has 0 aliphatic heterocycles. The van der Waals surface area contributed by atoms with Gasteiger partial charge in [-0.05, 0) is 12.8 Å². The SMILES string of the molecule is CCCCOCCCNc1cc(N)ncn1. The van der Waals surface area contributed by atoms with Crippen molar-refractivity contribution in [2.24, 2.45) is 0 Å². The number of aromatic nitrogens is 2. The lowest BCUT2D eigenvalue weighted by atomic mass is 10.3. The van der Waals surface area contributed by atoms with Crippen molar-refractivity contribution in [1.29, 1.82) is 0 Å². The molecular formula is C11H20N4O. The molecule has 0 saturated carbocycles. The van der Waals surface area contributed by atoms with Crippen molar-refractivity contribution < 1.29 is 4.74 Å². The number of ether oxygens (including phenoxy) is 1. The third kappa shape index (κ3) is 5.50. The van der Waals surface area contributed by atoms with E-state index in [-0.39, 0.29) is 0 Å². The standard InChI is InChI=1S/C11H20N4O/c1-2-3-6-16-7-4-5-13-11-8-10(12)14-9-15-11/h8-9H,2-7H2,1H3,(H3,12,13,14,15). The summed E-state index contributed by atoms with van der Waals surface area (Å²) in [5, 5.41) is 3.17. The Balaban J connectivity index is 2.03. The molecule has 5 heteroatoms. The molecule has 0 aliphatic rings. The van der Waals surface area contributed by atoms with Crippen LogP contribution in [0.15, 0.2) is 12.4 Å². The topological polar surface area (TPSA) is 73.1 Å². The number of nitrogens with one attached hydrogen (secondary N) is 1. The van der Waals surface area contributed by atoms with E-state index in [1.165, 1.54) is 12.7 Å². The molecule has 16 heavy (non-hydrogen) atoms. The zero-order chi connectivity index (χ0) is 11.6. The largest absolute Gasteiger partial charge is 0.384 e. The van der Waals surface area contributed by atoms with E-state index < -0.39 is 0 Å². The highest BCUT2D eigenvalue weighted by molar-refractivity contribution is 5.42. The van der Waals surface area contributed by atoms with Crippen molar-refractivity contribution in [2.45, 2.75) is 26.2 Å². The first kappa shape index (κ1) is 12.7. The van der Waals surface area contributed by atoms with Crippen molar-refractivity contribution in [1.82, 2.24) is 9.97 Å². The molecule has 0 aromatic carbocycles. The fourth-order valence-electron chi connectivity index (χ4n) is 1.21. The second kappa shape index (κ2) is 7.87. The van der Waals surface area contributed by atoms with Gasteiger partial charge in [-0.3, -0.25) is 0 Å². The van der Waals surface area contributed by atoms with E-state index >= 15 is 0 Å². The summed E-state index contributed by atoms with van der Waals surface area (Å²) in [6, 6.07) is 1.72. The maximum atomic E-state index is 5.53. The average Bonchev–Trinajstić information content (AvgIpc) is 2.28. The lowest BCUT2D eigenvalue weighted by Crippen LogP contribution is -2.08. The van der Waals surface area contributed by atoms with E-state index in [1.54, 1.807) is 6.07 Å². The predicted octanol–water partition coefficient (Wildman–Crippen LogP) is 1.68. The average molecular weight is 224 g/mol. The Hall–Kier alpha value is -1.36. The Bertz CT molecular complexity index is 293. The second-order valence-electron chi connectivity index (χ2n) is 3.57. The van der Waals surface area contributed by atoms with Crippen LogP contribution in [0, 0.1) is 0 Å². The first-order valence-corrected chi connectivity index (χ1v) is 5.72. The van der Waals surface area contributed by atoms with Gasteiger partial charge in [0.15, 0.2) is 0 Å². The van der Waals surface area contributed by atoms with Crippen molar-refractivity contribution in [3.8, 4) is 0 Å².